The van der Waals surface area contributed by atoms with Gasteiger partial charge >= 0.3 is 0 Å². The molecule has 0 saturated carbocycles. The van der Waals surface area contributed by atoms with Gasteiger partial charge in [0.25, 0.3) is 11.1 Å². The van der Waals surface area contributed by atoms with Gasteiger partial charge in [0.05, 0.1) is 0 Å². The number of thioether (sulfide) groups is 1. The largest absolute Gasteiger partial charge is 0.450 e. The number of furan rings is 1. The Hall–Kier alpha value is -2.65. The summed E-state index contributed by atoms with van der Waals surface area (Å²) in [5.74, 6) is 0.244. The molecule has 0 fully saturated rings. The minimum absolute atomic E-state index is 0.0276. The average Bonchev–Trinajstić information content (AvgIpc) is 3.35. The fraction of sp³-hybridized carbons (Fsp3) is 0.111. The van der Waals surface area contributed by atoms with E-state index in [1.165, 1.54) is 17.8 Å². The second-order valence-electron chi connectivity index (χ2n) is 5.85. The smallest absolute Gasteiger partial charge is 0.268 e. The monoisotopic (exact) mass is 480 g/mol. The van der Waals surface area contributed by atoms with Gasteiger partial charge < -0.3 is 4.42 Å². The van der Waals surface area contributed by atoms with Crippen molar-refractivity contribution in [1.29, 1.82) is 5.26 Å². The van der Waals surface area contributed by atoms with Gasteiger partial charge in [-0.15, -0.1) is 0 Å². The van der Waals surface area contributed by atoms with Crippen molar-refractivity contribution in [3.63, 3.8) is 0 Å². The zero-order valence-corrected chi connectivity index (χ0v) is 18.5. The quantitative estimate of drug-likeness (QED) is 0.305. The second-order valence-corrected chi connectivity index (χ2v) is 9.93. The molecule has 0 aliphatic rings. The summed E-state index contributed by atoms with van der Waals surface area (Å²) in [6, 6.07) is 12.6. The summed E-state index contributed by atoms with van der Waals surface area (Å²) in [5, 5.41) is 12.5. The zero-order valence-electron chi connectivity index (χ0n) is 15.3. The van der Waals surface area contributed by atoms with Crippen LogP contribution in [-0.2, 0) is 20.4 Å². The molecule has 0 radical (unpaired) electrons. The number of halogens is 1. The molecule has 0 bridgehead atoms. The van der Waals surface area contributed by atoms with Crippen molar-refractivity contribution >= 4 is 61.8 Å². The lowest BCUT2D eigenvalue weighted by Crippen LogP contribution is -2.13. The van der Waals surface area contributed by atoms with Gasteiger partial charge in [-0.2, -0.15) is 14.6 Å². The first-order valence-electron chi connectivity index (χ1n) is 8.18. The van der Waals surface area contributed by atoms with Crippen molar-refractivity contribution in [3.8, 4) is 6.07 Å². The third kappa shape index (κ3) is 5.93. The van der Waals surface area contributed by atoms with E-state index in [-0.39, 0.29) is 10.7 Å². The van der Waals surface area contributed by atoms with E-state index in [1.807, 2.05) is 24.3 Å². The van der Waals surface area contributed by atoms with E-state index >= 15 is 0 Å². The molecule has 0 aliphatic carbocycles. The number of hydrogen-bond acceptors (Lipinski definition) is 9. The molecular weight excluding hydrogens is 468 g/mol. The Bertz CT molecular complexity index is 1240. The zero-order chi connectivity index (χ0) is 21.7. The number of benzene rings is 1. The molecule has 0 atom stereocenters. The molecule has 0 unspecified atom stereocenters. The molecule has 0 spiro atoms. The third-order valence-electron chi connectivity index (χ3n) is 3.51. The van der Waals surface area contributed by atoms with Crippen molar-refractivity contribution in [1.82, 2.24) is 9.36 Å². The number of sulfone groups is 1. The molecule has 3 rings (SSSR count). The van der Waals surface area contributed by atoms with E-state index in [4.69, 9.17) is 16.0 Å². The van der Waals surface area contributed by atoms with Gasteiger partial charge in [0.2, 0.25) is 15.0 Å². The standard InChI is InChI=1S/C18H13ClN4O4S3/c1-30(25,26)18-22-17(29-23-18)21-16(24)12(9-20)8-14-6-7-15(27-14)28-10-11-2-4-13(19)5-3-11/h2-8H,10H2,1H3,(H,21,22,23,24). The number of hydrogen-bond donors (Lipinski definition) is 1. The molecule has 30 heavy (non-hydrogen) atoms. The summed E-state index contributed by atoms with van der Waals surface area (Å²) >= 11 is 8.03. The van der Waals surface area contributed by atoms with E-state index in [0.29, 0.717) is 33.2 Å². The lowest BCUT2D eigenvalue weighted by Gasteiger charge is -2.00. The first-order chi connectivity index (χ1) is 14.2. The maximum Gasteiger partial charge on any atom is 0.268 e. The second kappa shape index (κ2) is 9.44. The molecule has 2 heterocycles. The molecule has 8 nitrogen and oxygen atoms in total. The van der Waals surface area contributed by atoms with Crippen molar-refractivity contribution in [3.05, 3.63) is 58.3 Å². The van der Waals surface area contributed by atoms with E-state index in [0.717, 1.165) is 11.8 Å². The Kier molecular flexibility index (Phi) is 6.94. The van der Waals surface area contributed by atoms with Gasteiger partial charge in [0, 0.05) is 34.6 Å². The van der Waals surface area contributed by atoms with Gasteiger partial charge in [0.1, 0.15) is 17.4 Å². The number of carbonyl (C=O) groups is 1. The van der Waals surface area contributed by atoms with E-state index in [9.17, 15) is 18.5 Å². The van der Waals surface area contributed by atoms with E-state index in [1.54, 1.807) is 18.2 Å². The van der Waals surface area contributed by atoms with Gasteiger partial charge in [-0.1, -0.05) is 35.5 Å². The predicted octanol–water partition coefficient (Wildman–Crippen LogP) is 4.03. The van der Waals surface area contributed by atoms with Crippen LogP contribution >= 0.6 is 34.9 Å². The normalized spacial score (nSPS) is 11.8. The van der Waals surface area contributed by atoms with E-state index < -0.39 is 20.9 Å². The summed E-state index contributed by atoms with van der Waals surface area (Å²) in [7, 11) is -3.58. The van der Waals surface area contributed by atoms with Crippen LogP contribution in [-0.4, -0.2) is 29.9 Å². The van der Waals surface area contributed by atoms with E-state index in [2.05, 4.69) is 14.7 Å². The number of rotatable bonds is 7. The van der Waals surface area contributed by atoms with Crippen LogP contribution in [0.25, 0.3) is 6.08 Å². The summed E-state index contributed by atoms with van der Waals surface area (Å²) in [4.78, 5) is 16.0. The fourth-order valence-corrected chi connectivity index (χ4v) is 4.48. The molecule has 1 amide bonds. The van der Waals surface area contributed by atoms with Gasteiger partial charge in [-0.25, -0.2) is 8.42 Å². The number of carbonyl (C=O) groups excluding carboxylic acids is 1. The summed E-state index contributed by atoms with van der Waals surface area (Å²) in [6.45, 7) is 0. The van der Waals surface area contributed by atoms with Crippen molar-refractivity contribution < 1.29 is 17.6 Å². The van der Waals surface area contributed by atoms with Crippen molar-refractivity contribution in [2.75, 3.05) is 11.6 Å². The Morgan fingerprint density at radius 2 is 2.07 bits per heavy atom. The Morgan fingerprint density at radius 3 is 2.70 bits per heavy atom. The first-order valence-corrected chi connectivity index (χ1v) is 12.2. The Morgan fingerprint density at radius 1 is 1.33 bits per heavy atom. The van der Waals surface area contributed by atoms with Crippen LogP contribution in [0.3, 0.4) is 0 Å². The minimum Gasteiger partial charge on any atom is -0.450 e. The van der Waals surface area contributed by atoms with Gasteiger partial charge in [-0.3, -0.25) is 10.1 Å². The third-order valence-corrected chi connectivity index (χ3v) is 6.33. The number of nitriles is 1. The predicted molar refractivity (Wildman–Crippen MR) is 115 cm³/mol. The molecule has 1 N–H and O–H groups in total. The summed E-state index contributed by atoms with van der Waals surface area (Å²) in [5.41, 5.74) is 0.843. The number of nitrogens with zero attached hydrogens (tertiary/aromatic N) is 3. The maximum absolute atomic E-state index is 12.3. The highest BCUT2D eigenvalue weighted by Gasteiger charge is 2.18. The van der Waals surface area contributed by atoms with Crippen LogP contribution in [0, 0.1) is 11.3 Å². The van der Waals surface area contributed by atoms with Gasteiger partial charge in [-0.05, 0) is 29.8 Å². The lowest BCUT2D eigenvalue weighted by molar-refractivity contribution is -0.112. The molecule has 0 aliphatic heterocycles. The number of aromatic nitrogens is 2. The van der Waals surface area contributed by atoms with Crippen LogP contribution in [0.5, 0.6) is 0 Å². The molecule has 1 aromatic carbocycles. The van der Waals surface area contributed by atoms with Crippen molar-refractivity contribution in [2.45, 2.75) is 16.0 Å². The average molecular weight is 481 g/mol. The summed E-state index contributed by atoms with van der Waals surface area (Å²) < 4.78 is 32.1. The van der Waals surface area contributed by atoms with Crippen LogP contribution < -0.4 is 5.32 Å². The number of anilines is 1. The molecular formula is C18H13ClN4O4S3. The number of amides is 1. The van der Waals surface area contributed by atoms with Crippen LogP contribution in [0.15, 0.2) is 56.6 Å². The first kappa shape index (κ1) is 22.0. The Labute approximate surface area is 185 Å². The molecule has 0 saturated heterocycles. The molecule has 2 aromatic heterocycles. The topological polar surface area (TPSA) is 126 Å². The SMILES string of the molecule is CS(=O)(=O)c1nsc(NC(=O)C(C#N)=Cc2ccc(SCc3ccc(Cl)cc3)o2)n1. The highest BCUT2D eigenvalue weighted by atomic mass is 35.5. The minimum atomic E-state index is -3.58. The Balaban J connectivity index is 1.65. The van der Waals surface area contributed by atoms with Gasteiger partial charge in [0.15, 0.2) is 5.09 Å². The highest BCUT2D eigenvalue weighted by molar-refractivity contribution is 7.98. The highest BCUT2D eigenvalue weighted by Crippen LogP contribution is 2.26. The van der Waals surface area contributed by atoms with Crippen LogP contribution in [0.4, 0.5) is 5.13 Å². The lowest BCUT2D eigenvalue weighted by atomic mass is 10.2. The van der Waals surface area contributed by atoms with Crippen molar-refractivity contribution in [2.24, 2.45) is 0 Å². The fourth-order valence-electron chi connectivity index (χ4n) is 2.09. The number of nitrogens with one attached hydrogen (secondary N) is 1. The molecule has 12 heteroatoms. The van der Waals surface area contributed by atoms with Crippen LogP contribution in [0.2, 0.25) is 5.02 Å². The van der Waals surface area contributed by atoms with Crippen LogP contribution in [0.1, 0.15) is 11.3 Å². The molecule has 154 valence electrons. The summed E-state index contributed by atoms with van der Waals surface area (Å²) in [6.07, 6.45) is 2.25. The molecule has 3 aromatic rings. The maximum atomic E-state index is 12.3.